The molecule has 4 nitrogen and oxygen atoms in total. The number of ether oxygens (including phenoxy) is 3. The molecular weight excluding hydrogens is 244 g/mol. The van der Waals surface area contributed by atoms with E-state index in [4.69, 9.17) is 14.2 Å². The molecule has 0 atom stereocenters. The lowest BCUT2D eigenvalue weighted by Crippen LogP contribution is -2.03. The second kappa shape index (κ2) is 6.27. The van der Waals surface area contributed by atoms with Crippen LogP contribution in [0.4, 0.5) is 0 Å². The predicted octanol–water partition coefficient (Wildman–Crippen LogP) is 2.67. The SMILES string of the molecule is COc1cc(C=CC(=O)OCC2CC2)cc(OC)c1. The molecule has 1 saturated carbocycles. The van der Waals surface area contributed by atoms with Crippen molar-refractivity contribution in [2.24, 2.45) is 5.92 Å². The first-order valence-corrected chi connectivity index (χ1v) is 6.29. The maximum Gasteiger partial charge on any atom is 0.330 e. The zero-order chi connectivity index (χ0) is 13.7. The van der Waals surface area contributed by atoms with Crippen molar-refractivity contribution in [2.45, 2.75) is 12.8 Å². The van der Waals surface area contributed by atoms with Gasteiger partial charge in [0.25, 0.3) is 0 Å². The normalized spacial score (nSPS) is 14.4. The fourth-order valence-corrected chi connectivity index (χ4v) is 1.62. The highest BCUT2D eigenvalue weighted by molar-refractivity contribution is 5.87. The van der Waals surface area contributed by atoms with Crippen LogP contribution in [0.15, 0.2) is 24.3 Å². The molecule has 0 spiro atoms. The fraction of sp³-hybridized carbons (Fsp3) is 0.400. The van der Waals surface area contributed by atoms with E-state index in [1.54, 1.807) is 26.4 Å². The van der Waals surface area contributed by atoms with Crippen molar-refractivity contribution >= 4 is 12.0 Å². The van der Waals surface area contributed by atoms with Gasteiger partial charge in [0.1, 0.15) is 11.5 Å². The van der Waals surface area contributed by atoms with Crippen LogP contribution in [0.3, 0.4) is 0 Å². The largest absolute Gasteiger partial charge is 0.497 e. The lowest BCUT2D eigenvalue weighted by atomic mass is 10.2. The third-order valence-electron chi connectivity index (χ3n) is 2.94. The summed E-state index contributed by atoms with van der Waals surface area (Å²) in [4.78, 5) is 11.5. The van der Waals surface area contributed by atoms with Gasteiger partial charge < -0.3 is 14.2 Å². The Morgan fingerprint density at radius 3 is 2.37 bits per heavy atom. The Morgan fingerprint density at radius 2 is 1.84 bits per heavy atom. The van der Waals surface area contributed by atoms with Crippen LogP contribution in [0.1, 0.15) is 18.4 Å². The van der Waals surface area contributed by atoms with E-state index >= 15 is 0 Å². The van der Waals surface area contributed by atoms with Crippen molar-refractivity contribution in [3.8, 4) is 11.5 Å². The number of hydrogen-bond acceptors (Lipinski definition) is 4. The molecule has 1 aromatic rings. The molecule has 0 aromatic heterocycles. The van der Waals surface area contributed by atoms with Crippen molar-refractivity contribution < 1.29 is 19.0 Å². The average Bonchev–Trinajstić information content (AvgIpc) is 3.26. The number of rotatable bonds is 6. The molecule has 0 saturated heterocycles. The van der Waals surface area contributed by atoms with Gasteiger partial charge in [0.2, 0.25) is 0 Å². The Morgan fingerprint density at radius 1 is 1.21 bits per heavy atom. The van der Waals surface area contributed by atoms with Gasteiger partial charge in [-0.05, 0) is 42.5 Å². The van der Waals surface area contributed by atoms with Crippen LogP contribution in [0.5, 0.6) is 11.5 Å². The summed E-state index contributed by atoms with van der Waals surface area (Å²) in [5.41, 5.74) is 0.833. The van der Waals surface area contributed by atoms with E-state index in [0.717, 1.165) is 5.56 Å². The van der Waals surface area contributed by atoms with Crippen LogP contribution in [-0.2, 0) is 9.53 Å². The molecule has 1 aliphatic rings. The van der Waals surface area contributed by atoms with Crippen molar-refractivity contribution in [3.63, 3.8) is 0 Å². The minimum Gasteiger partial charge on any atom is -0.497 e. The number of methoxy groups -OCH3 is 2. The molecule has 19 heavy (non-hydrogen) atoms. The molecule has 4 heteroatoms. The summed E-state index contributed by atoms with van der Waals surface area (Å²) in [5, 5.41) is 0. The maximum absolute atomic E-state index is 11.5. The summed E-state index contributed by atoms with van der Waals surface area (Å²) < 4.78 is 15.4. The highest BCUT2D eigenvalue weighted by Gasteiger charge is 2.22. The zero-order valence-corrected chi connectivity index (χ0v) is 11.2. The highest BCUT2D eigenvalue weighted by Crippen LogP contribution is 2.28. The van der Waals surface area contributed by atoms with Gasteiger partial charge in [0.05, 0.1) is 20.8 Å². The summed E-state index contributed by atoms with van der Waals surface area (Å²) >= 11 is 0. The number of carbonyl (C=O) groups excluding carboxylic acids is 1. The third kappa shape index (κ3) is 4.32. The summed E-state index contributed by atoms with van der Waals surface area (Å²) in [6, 6.07) is 5.43. The lowest BCUT2D eigenvalue weighted by Gasteiger charge is -2.05. The first-order chi connectivity index (χ1) is 9.21. The van der Waals surface area contributed by atoms with Gasteiger partial charge in [-0.2, -0.15) is 0 Å². The van der Waals surface area contributed by atoms with Crippen LogP contribution in [0, 0.1) is 5.92 Å². The topological polar surface area (TPSA) is 44.8 Å². The van der Waals surface area contributed by atoms with Crippen LogP contribution < -0.4 is 9.47 Å². The second-order valence-electron chi connectivity index (χ2n) is 4.55. The van der Waals surface area contributed by atoms with Crippen LogP contribution >= 0.6 is 0 Å². The molecule has 0 amide bonds. The van der Waals surface area contributed by atoms with E-state index in [-0.39, 0.29) is 5.97 Å². The second-order valence-corrected chi connectivity index (χ2v) is 4.55. The minimum absolute atomic E-state index is 0.311. The van der Waals surface area contributed by atoms with E-state index in [1.807, 2.05) is 12.1 Å². The fourth-order valence-electron chi connectivity index (χ4n) is 1.62. The summed E-state index contributed by atoms with van der Waals surface area (Å²) in [5.74, 6) is 1.64. The Bertz CT molecular complexity index is 453. The number of benzene rings is 1. The number of hydrogen-bond donors (Lipinski definition) is 0. The van der Waals surface area contributed by atoms with E-state index in [1.165, 1.54) is 18.9 Å². The zero-order valence-electron chi connectivity index (χ0n) is 11.2. The van der Waals surface area contributed by atoms with Crippen molar-refractivity contribution in [3.05, 3.63) is 29.8 Å². The van der Waals surface area contributed by atoms with Gasteiger partial charge in [-0.15, -0.1) is 0 Å². The Hall–Kier alpha value is -1.97. The lowest BCUT2D eigenvalue weighted by molar-refractivity contribution is -0.138. The molecule has 0 aliphatic heterocycles. The van der Waals surface area contributed by atoms with Crippen LogP contribution in [0.2, 0.25) is 0 Å². The quantitative estimate of drug-likeness (QED) is 0.584. The molecular formula is C15H18O4. The van der Waals surface area contributed by atoms with Gasteiger partial charge in [-0.25, -0.2) is 4.79 Å². The molecule has 1 aliphatic carbocycles. The molecule has 0 N–H and O–H groups in total. The van der Waals surface area contributed by atoms with E-state index < -0.39 is 0 Å². The Balaban J connectivity index is 1.97. The molecule has 102 valence electrons. The van der Waals surface area contributed by atoms with Crippen LogP contribution in [0.25, 0.3) is 6.08 Å². The van der Waals surface area contributed by atoms with Crippen molar-refractivity contribution in [1.29, 1.82) is 0 Å². The molecule has 0 radical (unpaired) electrons. The first kappa shape index (κ1) is 13.5. The predicted molar refractivity (Wildman–Crippen MR) is 72.3 cm³/mol. The van der Waals surface area contributed by atoms with Gasteiger partial charge in [-0.3, -0.25) is 0 Å². The van der Waals surface area contributed by atoms with Gasteiger partial charge >= 0.3 is 5.97 Å². The molecule has 0 bridgehead atoms. The van der Waals surface area contributed by atoms with Gasteiger partial charge in [0, 0.05) is 12.1 Å². The standard InChI is InChI=1S/C15H18O4/c1-17-13-7-12(8-14(9-13)18-2)5-6-15(16)19-10-11-3-4-11/h5-9,11H,3-4,10H2,1-2H3. The Kier molecular flexibility index (Phi) is 4.44. The first-order valence-electron chi connectivity index (χ1n) is 6.29. The smallest absolute Gasteiger partial charge is 0.330 e. The molecule has 2 rings (SSSR count). The minimum atomic E-state index is -0.311. The maximum atomic E-state index is 11.5. The number of carbonyl (C=O) groups is 1. The summed E-state index contributed by atoms with van der Waals surface area (Å²) in [6.07, 6.45) is 5.46. The molecule has 0 unspecified atom stereocenters. The van der Waals surface area contributed by atoms with E-state index in [9.17, 15) is 4.79 Å². The van der Waals surface area contributed by atoms with Crippen molar-refractivity contribution in [2.75, 3.05) is 20.8 Å². The monoisotopic (exact) mass is 262 g/mol. The molecule has 1 aromatic carbocycles. The van der Waals surface area contributed by atoms with Gasteiger partial charge in [-0.1, -0.05) is 0 Å². The average molecular weight is 262 g/mol. The van der Waals surface area contributed by atoms with Gasteiger partial charge in [0.15, 0.2) is 0 Å². The third-order valence-corrected chi connectivity index (χ3v) is 2.94. The van der Waals surface area contributed by atoms with Crippen LogP contribution in [-0.4, -0.2) is 26.8 Å². The highest BCUT2D eigenvalue weighted by atomic mass is 16.5. The summed E-state index contributed by atoms with van der Waals surface area (Å²) in [6.45, 7) is 0.532. The van der Waals surface area contributed by atoms with Crippen molar-refractivity contribution in [1.82, 2.24) is 0 Å². The molecule has 0 heterocycles. The van der Waals surface area contributed by atoms with E-state index in [0.29, 0.717) is 24.0 Å². The van der Waals surface area contributed by atoms with E-state index in [2.05, 4.69) is 0 Å². The number of esters is 1. The Labute approximate surface area is 113 Å². The molecule has 1 fully saturated rings. The summed E-state index contributed by atoms with van der Waals surface area (Å²) in [7, 11) is 3.18.